The fourth-order valence-electron chi connectivity index (χ4n) is 5.62. The molecular formula is C38H66O5. The molecule has 43 heavy (non-hydrogen) atoms. The average molecular weight is 603 g/mol. The van der Waals surface area contributed by atoms with Crippen molar-refractivity contribution in [2.75, 3.05) is 13.2 Å². The Labute approximate surface area is 264 Å². The zero-order valence-corrected chi connectivity index (χ0v) is 28.7. The van der Waals surface area contributed by atoms with Gasteiger partial charge in [-0.2, -0.15) is 0 Å². The molecule has 0 fully saturated rings. The number of carbonyl (C=O) groups is 2. The minimum absolute atomic E-state index is 0.0882. The van der Waals surface area contributed by atoms with E-state index in [4.69, 9.17) is 9.47 Å². The second-order valence-electron chi connectivity index (χ2n) is 13.6. The summed E-state index contributed by atoms with van der Waals surface area (Å²) in [6.45, 7) is 10.9. The molecule has 0 amide bonds. The van der Waals surface area contributed by atoms with Crippen LogP contribution in [0.5, 0.6) is 5.75 Å². The van der Waals surface area contributed by atoms with E-state index in [0.29, 0.717) is 18.6 Å². The van der Waals surface area contributed by atoms with Gasteiger partial charge in [0.25, 0.3) is 0 Å². The number of phenolic OH excluding ortho intramolecular Hbond substituents is 1. The third-order valence-corrected chi connectivity index (χ3v) is 8.36. The van der Waals surface area contributed by atoms with Gasteiger partial charge >= 0.3 is 11.9 Å². The van der Waals surface area contributed by atoms with Gasteiger partial charge < -0.3 is 14.6 Å². The molecule has 5 nitrogen and oxygen atoms in total. The Morgan fingerprint density at radius 3 is 1.44 bits per heavy atom. The van der Waals surface area contributed by atoms with Crippen LogP contribution >= 0.6 is 0 Å². The molecule has 0 aliphatic heterocycles. The molecule has 0 unspecified atom stereocenters. The second-order valence-corrected chi connectivity index (χ2v) is 13.6. The number of benzene rings is 1. The van der Waals surface area contributed by atoms with Crippen LogP contribution in [0, 0.1) is 6.92 Å². The first kappa shape index (κ1) is 39.0. The van der Waals surface area contributed by atoms with Crippen LogP contribution in [0.3, 0.4) is 0 Å². The van der Waals surface area contributed by atoms with Gasteiger partial charge in [-0.1, -0.05) is 143 Å². The number of phenols is 1. The van der Waals surface area contributed by atoms with E-state index in [1.54, 1.807) is 0 Å². The summed E-state index contributed by atoms with van der Waals surface area (Å²) in [6, 6.07) is 4.21. The van der Waals surface area contributed by atoms with E-state index in [1.807, 2.05) is 6.92 Å². The van der Waals surface area contributed by atoms with Crippen molar-refractivity contribution in [2.45, 2.75) is 181 Å². The standard InChI is InChI=1S/C38H66O5/c1-6-7-8-9-10-11-12-13-14-15-16-17-18-19-23-26-35(39)42-28-29-43-36(40)27-24-21-20-22-25-33-30-32(2)37(41)34(31-33)38(3,4)5/h30-31,41H,6-29H2,1-5H3. The van der Waals surface area contributed by atoms with Gasteiger partial charge in [0.05, 0.1) is 0 Å². The fourth-order valence-corrected chi connectivity index (χ4v) is 5.62. The molecule has 0 aliphatic rings. The van der Waals surface area contributed by atoms with Crippen molar-refractivity contribution >= 4 is 11.9 Å². The number of aryl methyl sites for hydroxylation is 2. The normalized spacial score (nSPS) is 11.6. The predicted molar refractivity (Wildman–Crippen MR) is 180 cm³/mol. The molecule has 248 valence electrons. The maximum atomic E-state index is 12.0. The summed E-state index contributed by atoms with van der Waals surface area (Å²) in [5.41, 5.74) is 3.10. The van der Waals surface area contributed by atoms with Gasteiger partial charge in [-0.25, -0.2) is 0 Å². The molecule has 0 aromatic heterocycles. The van der Waals surface area contributed by atoms with Crippen molar-refractivity contribution in [3.63, 3.8) is 0 Å². The van der Waals surface area contributed by atoms with Gasteiger partial charge in [-0.3, -0.25) is 9.59 Å². The Balaban J connectivity index is 1.92. The molecule has 5 heteroatoms. The summed E-state index contributed by atoms with van der Waals surface area (Å²) < 4.78 is 10.5. The first-order valence-electron chi connectivity index (χ1n) is 17.8. The van der Waals surface area contributed by atoms with Crippen LogP contribution in [0.1, 0.15) is 179 Å². The number of esters is 2. The lowest BCUT2D eigenvalue weighted by Crippen LogP contribution is -2.13. The molecule has 1 aromatic rings. The van der Waals surface area contributed by atoms with Crippen LogP contribution < -0.4 is 0 Å². The number of rotatable bonds is 26. The van der Waals surface area contributed by atoms with Crippen LogP contribution in [-0.2, 0) is 30.9 Å². The maximum absolute atomic E-state index is 12.0. The average Bonchev–Trinajstić information content (AvgIpc) is 2.96. The Bertz CT molecular complexity index is 870. The molecule has 1 N–H and O–H groups in total. The zero-order chi connectivity index (χ0) is 31.8. The summed E-state index contributed by atoms with van der Waals surface area (Å²) in [6.07, 6.45) is 25.3. The molecule has 0 bridgehead atoms. The van der Waals surface area contributed by atoms with E-state index in [2.05, 4.69) is 39.8 Å². The monoisotopic (exact) mass is 602 g/mol. The van der Waals surface area contributed by atoms with Crippen molar-refractivity contribution in [2.24, 2.45) is 0 Å². The number of ether oxygens (including phenoxy) is 2. The first-order valence-corrected chi connectivity index (χ1v) is 17.8. The highest BCUT2D eigenvalue weighted by Gasteiger charge is 2.20. The molecule has 0 radical (unpaired) electrons. The number of carbonyl (C=O) groups excluding carboxylic acids is 2. The molecule has 0 heterocycles. The summed E-state index contributed by atoms with van der Waals surface area (Å²) in [5.74, 6) is -0.00336. The lowest BCUT2D eigenvalue weighted by Gasteiger charge is -2.22. The van der Waals surface area contributed by atoms with Gasteiger partial charge in [0.1, 0.15) is 19.0 Å². The first-order chi connectivity index (χ1) is 20.6. The maximum Gasteiger partial charge on any atom is 0.305 e. The van der Waals surface area contributed by atoms with Gasteiger partial charge in [-0.15, -0.1) is 0 Å². The SMILES string of the molecule is CCCCCCCCCCCCCCCCCC(=O)OCCOC(=O)CCCCCCc1cc(C)c(O)c(C(C)(C)C)c1. The van der Waals surface area contributed by atoms with Crippen molar-refractivity contribution in [3.05, 3.63) is 28.8 Å². The minimum Gasteiger partial charge on any atom is -0.507 e. The molecule has 0 spiro atoms. The summed E-state index contributed by atoms with van der Waals surface area (Å²) in [4.78, 5) is 23.9. The van der Waals surface area contributed by atoms with Crippen LogP contribution in [-0.4, -0.2) is 30.3 Å². The van der Waals surface area contributed by atoms with E-state index in [0.717, 1.165) is 56.1 Å². The van der Waals surface area contributed by atoms with Crippen LogP contribution in [0.25, 0.3) is 0 Å². The largest absolute Gasteiger partial charge is 0.507 e. The molecule has 1 aromatic carbocycles. The highest BCUT2D eigenvalue weighted by Crippen LogP contribution is 2.34. The smallest absolute Gasteiger partial charge is 0.305 e. The number of aromatic hydroxyl groups is 1. The quantitative estimate of drug-likeness (QED) is 0.0843. The van der Waals surface area contributed by atoms with E-state index < -0.39 is 0 Å². The summed E-state index contributed by atoms with van der Waals surface area (Å²) in [7, 11) is 0. The number of hydrogen-bond donors (Lipinski definition) is 1. The molecule has 0 saturated heterocycles. The molecular weight excluding hydrogens is 536 g/mol. The van der Waals surface area contributed by atoms with Crippen LogP contribution in [0.2, 0.25) is 0 Å². The number of hydrogen-bond acceptors (Lipinski definition) is 5. The second kappa shape index (κ2) is 24.3. The molecule has 0 saturated carbocycles. The summed E-state index contributed by atoms with van der Waals surface area (Å²) in [5, 5.41) is 10.4. The minimum atomic E-state index is -0.220. The van der Waals surface area contributed by atoms with Crippen molar-refractivity contribution in [1.82, 2.24) is 0 Å². The van der Waals surface area contributed by atoms with Crippen molar-refractivity contribution in [3.8, 4) is 5.75 Å². The predicted octanol–water partition coefficient (Wildman–Crippen LogP) is 10.8. The van der Waals surface area contributed by atoms with Crippen molar-refractivity contribution in [1.29, 1.82) is 0 Å². The van der Waals surface area contributed by atoms with E-state index in [-0.39, 0.29) is 30.6 Å². The third-order valence-electron chi connectivity index (χ3n) is 8.36. The highest BCUT2D eigenvalue weighted by atomic mass is 16.6. The zero-order valence-electron chi connectivity index (χ0n) is 28.7. The molecule has 0 atom stereocenters. The fraction of sp³-hybridized carbons (Fsp3) is 0.789. The van der Waals surface area contributed by atoms with E-state index >= 15 is 0 Å². The van der Waals surface area contributed by atoms with Crippen molar-refractivity contribution < 1.29 is 24.2 Å². The van der Waals surface area contributed by atoms with Crippen LogP contribution in [0.4, 0.5) is 0 Å². The lowest BCUT2D eigenvalue weighted by atomic mass is 9.83. The summed E-state index contributed by atoms with van der Waals surface area (Å²) >= 11 is 0. The van der Waals surface area contributed by atoms with Gasteiger partial charge in [-0.05, 0) is 54.7 Å². The van der Waals surface area contributed by atoms with Gasteiger partial charge in [0.2, 0.25) is 0 Å². The lowest BCUT2D eigenvalue weighted by molar-refractivity contribution is -0.152. The highest BCUT2D eigenvalue weighted by molar-refractivity contribution is 5.70. The van der Waals surface area contributed by atoms with Gasteiger partial charge in [0.15, 0.2) is 0 Å². The topological polar surface area (TPSA) is 72.8 Å². The Hall–Kier alpha value is -2.04. The Kier molecular flexibility index (Phi) is 22.0. The Morgan fingerprint density at radius 1 is 0.628 bits per heavy atom. The number of unbranched alkanes of at least 4 members (excludes halogenated alkanes) is 17. The third kappa shape index (κ3) is 20.5. The Morgan fingerprint density at radius 2 is 1.02 bits per heavy atom. The van der Waals surface area contributed by atoms with E-state index in [9.17, 15) is 14.7 Å². The molecule has 1 rings (SSSR count). The molecule has 0 aliphatic carbocycles. The van der Waals surface area contributed by atoms with E-state index in [1.165, 1.54) is 89.0 Å². The van der Waals surface area contributed by atoms with Gasteiger partial charge in [0, 0.05) is 12.8 Å². The van der Waals surface area contributed by atoms with Crippen LogP contribution in [0.15, 0.2) is 12.1 Å².